The van der Waals surface area contributed by atoms with Crippen molar-refractivity contribution in [1.82, 2.24) is 24.3 Å². The minimum Gasteiger partial charge on any atom is -0.452 e. The average Bonchev–Trinajstić information content (AvgIpc) is 3.20. The van der Waals surface area contributed by atoms with E-state index < -0.39 is 28.6 Å². The maximum Gasteiger partial charge on any atom is 0.321 e. The zero-order valence-electron chi connectivity index (χ0n) is 17.6. The fourth-order valence-electron chi connectivity index (χ4n) is 3.29. The van der Waals surface area contributed by atoms with Gasteiger partial charge in [0.05, 0.1) is 6.20 Å². The third-order valence-electron chi connectivity index (χ3n) is 4.99. The van der Waals surface area contributed by atoms with Crippen LogP contribution in [0.3, 0.4) is 0 Å². The molecule has 3 rings (SSSR count). The second kappa shape index (κ2) is 10.0. The second-order valence-corrected chi connectivity index (χ2v) is 9.16. The van der Waals surface area contributed by atoms with Gasteiger partial charge in [0.25, 0.3) is 5.91 Å². The van der Waals surface area contributed by atoms with Gasteiger partial charge in [-0.1, -0.05) is 30.3 Å². The van der Waals surface area contributed by atoms with E-state index in [0.29, 0.717) is 13.1 Å². The predicted octanol–water partition coefficient (Wildman–Crippen LogP) is -0.0255. The Hall–Kier alpha value is -2.76. The number of aryl methyl sites for hydroxylation is 1. The summed E-state index contributed by atoms with van der Waals surface area (Å²) in [6.45, 7) is 4.29. The van der Waals surface area contributed by atoms with Gasteiger partial charge in [0.1, 0.15) is 11.4 Å². The number of esters is 1. The Balaban J connectivity index is 1.42. The molecule has 0 bridgehead atoms. The number of sulfonamides is 1. The van der Waals surface area contributed by atoms with Crippen LogP contribution < -0.4 is 4.72 Å². The summed E-state index contributed by atoms with van der Waals surface area (Å²) in [7, 11) is -2.29. The van der Waals surface area contributed by atoms with Crippen molar-refractivity contribution >= 4 is 21.9 Å². The number of carbonyl (C=O) groups is 2. The molecule has 1 amide bonds. The lowest BCUT2D eigenvalue weighted by molar-refractivity contribution is -0.159. The molecular formula is C20H27N5O5S. The third kappa shape index (κ3) is 6.36. The molecule has 1 aromatic heterocycles. The van der Waals surface area contributed by atoms with E-state index in [-0.39, 0.29) is 10.8 Å². The Morgan fingerprint density at radius 1 is 1.16 bits per heavy atom. The van der Waals surface area contributed by atoms with Crippen molar-refractivity contribution in [3.63, 3.8) is 0 Å². The number of carbonyl (C=O) groups excluding carboxylic acids is 2. The van der Waals surface area contributed by atoms with E-state index in [1.807, 2.05) is 18.2 Å². The van der Waals surface area contributed by atoms with Gasteiger partial charge in [-0.2, -0.15) is 9.82 Å². The van der Waals surface area contributed by atoms with Gasteiger partial charge in [-0.3, -0.25) is 19.2 Å². The number of benzene rings is 1. The van der Waals surface area contributed by atoms with E-state index in [9.17, 15) is 18.0 Å². The Labute approximate surface area is 181 Å². The third-order valence-corrected chi connectivity index (χ3v) is 6.34. The highest BCUT2D eigenvalue weighted by molar-refractivity contribution is 7.89. The van der Waals surface area contributed by atoms with Gasteiger partial charge in [-0.25, -0.2) is 8.42 Å². The van der Waals surface area contributed by atoms with Crippen LogP contribution in [0.2, 0.25) is 0 Å². The fourth-order valence-corrected chi connectivity index (χ4v) is 4.24. The monoisotopic (exact) mass is 449 g/mol. The first-order valence-corrected chi connectivity index (χ1v) is 11.5. The Bertz CT molecular complexity index is 1000. The predicted molar refractivity (Wildman–Crippen MR) is 112 cm³/mol. The van der Waals surface area contributed by atoms with Crippen LogP contribution in [0.1, 0.15) is 12.5 Å². The van der Waals surface area contributed by atoms with E-state index in [1.54, 1.807) is 11.9 Å². The molecule has 1 unspecified atom stereocenters. The first-order valence-electron chi connectivity index (χ1n) is 9.97. The molecule has 1 saturated heterocycles. The van der Waals surface area contributed by atoms with Crippen LogP contribution in [0.15, 0.2) is 47.6 Å². The molecule has 0 saturated carbocycles. The summed E-state index contributed by atoms with van der Waals surface area (Å²) >= 11 is 0. The topological polar surface area (TPSA) is 114 Å². The number of nitrogens with zero attached hydrogens (tertiary/aromatic N) is 4. The summed E-state index contributed by atoms with van der Waals surface area (Å²) in [5.74, 6) is -1.11. The summed E-state index contributed by atoms with van der Waals surface area (Å²) in [5.41, 5.74) is 1.22. The molecule has 2 heterocycles. The van der Waals surface area contributed by atoms with Crippen molar-refractivity contribution < 1.29 is 22.7 Å². The molecule has 1 aromatic carbocycles. The van der Waals surface area contributed by atoms with Gasteiger partial charge >= 0.3 is 5.97 Å². The van der Waals surface area contributed by atoms with Crippen LogP contribution in [0.5, 0.6) is 0 Å². The number of hydrogen-bond donors (Lipinski definition) is 1. The van der Waals surface area contributed by atoms with Crippen molar-refractivity contribution in [3.8, 4) is 0 Å². The molecule has 0 radical (unpaired) electrons. The van der Waals surface area contributed by atoms with Crippen molar-refractivity contribution in [2.45, 2.75) is 24.5 Å². The molecule has 11 heteroatoms. The Kier molecular flexibility index (Phi) is 7.42. The first-order chi connectivity index (χ1) is 14.7. The molecule has 10 nitrogen and oxygen atoms in total. The molecule has 168 valence electrons. The maximum absolute atomic E-state index is 12.6. The molecule has 1 aliphatic heterocycles. The normalized spacial score (nSPS) is 16.1. The van der Waals surface area contributed by atoms with Gasteiger partial charge in [0.2, 0.25) is 10.0 Å². The number of hydrogen-bond acceptors (Lipinski definition) is 7. The van der Waals surface area contributed by atoms with Gasteiger partial charge in [0, 0.05) is 46.0 Å². The highest BCUT2D eigenvalue weighted by Gasteiger charge is 2.27. The summed E-state index contributed by atoms with van der Waals surface area (Å²) in [4.78, 5) is 28.5. The van der Waals surface area contributed by atoms with Crippen LogP contribution in [-0.4, -0.2) is 78.7 Å². The number of amides is 1. The molecule has 1 aliphatic rings. The Morgan fingerprint density at radius 2 is 1.84 bits per heavy atom. The first kappa shape index (κ1) is 22.9. The van der Waals surface area contributed by atoms with E-state index in [2.05, 4.69) is 26.9 Å². The smallest absolute Gasteiger partial charge is 0.321 e. The van der Waals surface area contributed by atoms with E-state index in [4.69, 9.17) is 4.74 Å². The van der Waals surface area contributed by atoms with E-state index >= 15 is 0 Å². The summed E-state index contributed by atoms with van der Waals surface area (Å²) in [5, 5.41) is 3.79. The molecule has 31 heavy (non-hydrogen) atoms. The molecule has 2 aromatic rings. The summed E-state index contributed by atoms with van der Waals surface area (Å²) < 4.78 is 32.9. The largest absolute Gasteiger partial charge is 0.452 e. The van der Waals surface area contributed by atoms with Crippen molar-refractivity contribution in [1.29, 1.82) is 0 Å². The number of aromatic nitrogens is 2. The molecule has 1 atom stereocenters. The number of piperazine rings is 1. The lowest BCUT2D eigenvalue weighted by Crippen LogP contribution is -2.51. The lowest BCUT2D eigenvalue weighted by Gasteiger charge is -2.35. The van der Waals surface area contributed by atoms with Crippen molar-refractivity contribution in [2.75, 3.05) is 32.7 Å². The molecule has 0 spiro atoms. The standard InChI is InChI=1S/C20H27N5O5S/c1-16(30-19(26)13-22-31(28,29)18-12-21-23(2)15-18)20(27)25-10-8-24(9-11-25)14-17-6-4-3-5-7-17/h3-7,12,15-16,22H,8-11,13-14H2,1-2H3. The highest BCUT2D eigenvalue weighted by atomic mass is 32.2. The highest BCUT2D eigenvalue weighted by Crippen LogP contribution is 2.11. The van der Waals surface area contributed by atoms with Crippen molar-refractivity contribution in [3.05, 3.63) is 48.3 Å². The number of rotatable bonds is 8. The minimum atomic E-state index is -3.88. The number of nitrogens with one attached hydrogen (secondary N) is 1. The number of ether oxygens (including phenoxy) is 1. The second-order valence-electron chi connectivity index (χ2n) is 7.39. The average molecular weight is 450 g/mol. The van der Waals surface area contributed by atoms with Crippen LogP contribution in [0.4, 0.5) is 0 Å². The fraction of sp³-hybridized carbons (Fsp3) is 0.450. The van der Waals surface area contributed by atoms with E-state index in [0.717, 1.165) is 19.6 Å². The zero-order valence-corrected chi connectivity index (χ0v) is 18.4. The lowest BCUT2D eigenvalue weighted by atomic mass is 10.2. The summed E-state index contributed by atoms with van der Waals surface area (Å²) in [6.07, 6.45) is 1.50. The van der Waals surface area contributed by atoms with Crippen LogP contribution in [0, 0.1) is 0 Å². The molecule has 1 N–H and O–H groups in total. The van der Waals surface area contributed by atoms with Crippen LogP contribution >= 0.6 is 0 Å². The minimum absolute atomic E-state index is 0.0553. The maximum atomic E-state index is 12.6. The van der Waals surface area contributed by atoms with Gasteiger partial charge in [0.15, 0.2) is 6.10 Å². The summed E-state index contributed by atoms with van der Waals surface area (Å²) in [6, 6.07) is 10.1. The zero-order chi connectivity index (χ0) is 22.4. The van der Waals surface area contributed by atoms with Gasteiger partial charge in [-0.05, 0) is 12.5 Å². The Morgan fingerprint density at radius 3 is 2.45 bits per heavy atom. The van der Waals surface area contributed by atoms with Gasteiger partial charge < -0.3 is 9.64 Å². The van der Waals surface area contributed by atoms with Crippen LogP contribution in [0.25, 0.3) is 0 Å². The molecular weight excluding hydrogens is 422 g/mol. The van der Waals surface area contributed by atoms with Crippen LogP contribution in [-0.2, 0) is 37.9 Å². The van der Waals surface area contributed by atoms with Gasteiger partial charge in [-0.15, -0.1) is 0 Å². The molecule has 0 aliphatic carbocycles. The van der Waals surface area contributed by atoms with Crippen molar-refractivity contribution in [2.24, 2.45) is 7.05 Å². The quantitative estimate of drug-likeness (QED) is 0.563. The SMILES string of the molecule is CC(OC(=O)CNS(=O)(=O)c1cnn(C)c1)C(=O)N1CCN(Cc2ccccc2)CC1. The van der Waals surface area contributed by atoms with E-state index in [1.165, 1.54) is 29.6 Å². The molecule has 1 fully saturated rings.